The first kappa shape index (κ1) is 31.4. The minimum atomic E-state index is -0.522. The zero-order valence-corrected chi connectivity index (χ0v) is 30.8. The number of aliphatic imine (C=N–C) groups is 1. The number of hydrogen-bond donors (Lipinski definition) is 1. The van der Waals surface area contributed by atoms with Gasteiger partial charge in [-0.3, -0.25) is 0 Å². The molecule has 0 spiro atoms. The average molecular weight is 786 g/mol. The molecule has 3 aliphatic heterocycles. The zero-order chi connectivity index (χ0) is 33.9. The molecule has 3 heterocycles. The molecule has 2 N–H and O–H groups in total. The van der Waals surface area contributed by atoms with E-state index in [-0.39, 0.29) is 12.2 Å². The van der Waals surface area contributed by atoms with Gasteiger partial charge < -0.3 is 0 Å². The first-order chi connectivity index (χ1) is 25.2. The number of nitrogens with zero attached hydrogens (tertiary/aromatic N) is 3. The number of allylic oxidation sites excluding steroid dienone is 10. The third-order valence-electron chi connectivity index (χ3n) is 11.7. The van der Waals surface area contributed by atoms with E-state index in [2.05, 4.69) is 108 Å². The van der Waals surface area contributed by atoms with Gasteiger partial charge in [-0.2, -0.15) is 0 Å². The standard InChI is InChI=1S/C44H42IN4O2/c46-43(36-17-10-16-35-32-15-6-9-20-39(32)51-42(35)36)47-44(48-45-28-11-2-1-3-12-28)27-21-23-33-34-24-22-29(26-41(34)50-40(33)25-27)49-37-18-7-4-13-30(37)31-14-5-8-19-38(31)49/h1-9,11,13,15,17-20,24-25,28-29,31,35,41-42H,10,12,14,16,21-23,26H2,(H2,46,47,48)/q-1. The molecule has 258 valence electrons. The summed E-state index contributed by atoms with van der Waals surface area (Å²) in [4.78, 5) is 7.78. The van der Waals surface area contributed by atoms with Gasteiger partial charge in [0.1, 0.15) is 0 Å². The summed E-state index contributed by atoms with van der Waals surface area (Å²) in [6, 6.07) is 17.8. The molecule has 0 saturated heterocycles. The van der Waals surface area contributed by atoms with Crippen LogP contribution in [0.5, 0.6) is 5.75 Å². The molecule has 7 heteroatoms. The van der Waals surface area contributed by atoms with Crippen molar-refractivity contribution in [3.8, 4) is 5.75 Å². The maximum absolute atomic E-state index is 6.93. The van der Waals surface area contributed by atoms with Crippen molar-refractivity contribution in [2.75, 3.05) is 4.90 Å². The fourth-order valence-corrected chi connectivity index (χ4v) is 11.3. The van der Waals surface area contributed by atoms with E-state index in [0.29, 0.717) is 27.6 Å². The fourth-order valence-electron chi connectivity index (χ4n) is 9.33. The summed E-state index contributed by atoms with van der Waals surface area (Å²) in [5.74, 6) is 4.04. The molecule has 0 amide bonds. The number of alkyl halides is 1. The normalized spacial score (nSPS) is 30.2. The monoisotopic (exact) mass is 785 g/mol. The molecule has 2 aromatic rings. The predicted molar refractivity (Wildman–Crippen MR) is 200 cm³/mol. The number of nitrogens with two attached hydrogens (primary N) is 1. The van der Waals surface area contributed by atoms with Gasteiger partial charge in [-0.15, -0.1) is 0 Å². The minimum absolute atomic E-state index is 0.0707. The third kappa shape index (κ3) is 5.50. The van der Waals surface area contributed by atoms with Crippen LogP contribution < -0.4 is 36.8 Å². The summed E-state index contributed by atoms with van der Waals surface area (Å²) in [5, 5.41) is 0. The third-order valence-corrected chi connectivity index (χ3v) is 14.1. The summed E-state index contributed by atoms with van der Waals surface area (Å²) in [5.41, 5.74) is 17.4. The fraction of sp³-hybridized carbons (Fsp3) is 0.318. The predicted octanol–water partition coefficient (Wildman–Crippen LogP) is 5.81. The molecule has 2 aromatic carbocycles. The number of ether oxygens (including phenoxy) is 2. The van der Waals surface area contributed by atoms with Gasteiger partial charge in [0.25, 0.3) is 0 Å². The molecule has 51 heavy (non-hydrogen) atoms. The van der Waals surface area contributed by atoms with Crippen molar-refractivity contribution in [3.05, 3.63) is 154 Å². The van der Waals surface area contributed by atoms with Crippen molar-refractivity contribution in [3.63, 3.8) is 0 Å². The van der Waals surface area contributed by atoms with Crippen LogP contribution >= 0.6 is 0 Å². The number of benzene rings is 2. The van der Waals surface area contributed by atoms with Gasteiger partial charge in [0.2, 0.25) is 0 Å². The Morgan fingerprint density at radius 2 is 1.78 bits per heavy atom. The average Bonchev–Trinajstić information content (AvgIpc) is 3.85. The van der Waals surface area contributed by atoms with Crippen LogP contribution in [-0.4, -0.2) is 33.8 Å². The van der Waals surface area contributed by atoms with Gasteiger partial charge in [-0.05, 0) is 6.42 Å². The van der Waals surface area contributed by atoms with E-state index >= 15 is 0 Å². The molecule has 6 nitrogen and oxygen atoms in total. The summed E-state index contributed by atoms with van der Waals surface area (Å²) >= 11 is -0.522. The second kappa shape index (κ2) is 13.0. The van der Waals surface area contributed by atoms with Gasteiger partial charge in [0, 0.05) is 0 Å². The molecular formula is C44H42IN4O2-. The molecule has 10 rings (SSSR count). The molecule has 5 aliphatic carbocycles. The van der Waals surface area contributed by atoms with E-state index in [4.69, 9.17) is 23.4 Å². The quantitative estimate of drug-likeness (QED) is 0.180. The molecule has 0 bridgehead atoms. The Kier molecular flexibility index (Phi) is 7.99. The van der Waals surface area contributed by atoms with Crippen molar-refractivity contribution in [1.82, 2.24) is 0 Å². The molecule has 0 radical (unpaired) electrons. The molecular weight excluding hydrogens is 743 g/mol. The van der Waals surface area contributed by atoms with Crippen LogP contribution in [0, 0.1) is 0 Å². The molecule has 6 unspecified atom stereocenters. The van der Waals surface area contributed by atoms with E-state index < -0.39 is 21.5 Å². The van der Waals surface area contributed by atoms with Crippen molar-refractivity contribution < 1.29 is 31.0 Å². The SMILES string of the molecule is NC(=NC(=N[I-]C1C=CC=CC1)C1=CC2=C(CC1)C1=CCC(N3C4=CC=CCC4c4ccccc43)CC1O2)C1=CCCC2c3ccccc3OC12. The number of para-hydroxylation sites is 2. The van der Waals surface area contributed by atoms with E-state index in [1.807, 2.05) is 6.07 Å². The van der Waals surface area contributed by atoms with Crippen LogP contribution in [0.2, 0.25) is 0 Å². The van der Waals surface area contributed by atoms with Crippen LogP contribution in [-0.2, 0) is 4.74 Å². The molecule has 6 atom stereocenters. The topological polar surface area (TPSA) is 72.4 Å². The molecule has 0 aromatic heterocycles. The molecule has 0 saturated carbocycles. The van der Waals surface area contributed by atoms with Gasteiger partial charge in [-0.1, -0.05) is 30.4 Å². The van der Waals surface area contributed by atoms with E-state index in [0.717, 1.165) is 79.9 Å². The summed E-state index contributed by atoms with van der Waals surface area (Å²) in [6.45, 7) is 0. The van der Waals surface area contributed by atoms with E-state index in [1.54, 1.807) is 0 Å². The van der Waals surface area contributed by atoms with Crippen molar-refractivity contribution >= 4 is 17.4 Å². The van der Waals surface area contributed by atoms with Gasteiger partial charge in [0.15, 0.2) is 0 Å². The Morgan fingerprint density at radius 3 is 2.71 bits per heavy atom. The second-order valence-corrected chi connectivity index (χ2v) is 17.3. The maximum atomic E-state index is 6.93. The summed E-state index contributed by atoms with van der Waals surface area (Å²) < 4.78 is 19.1. The van der Waals surface area contributed by atoms with Gasteiger partial charge in [0.05, 0.1) is 0 Å². The second-order valence-electron chi connectivity index (χ2n) is 14.6. The molecule has 8 aliphatic rings. The first-order valence-electron chi connectivity index (χ1n) is 18.6. The van der Waals surface area contributed by atoms with Crippen LogP contribution in [0.15, 0.2) is 151 Å². The van der Waals surface area contributed by atoms with Crippen LogP contribution in [0.3, 0.4) is 0 Å². The van der Waals surface area contributed by atoms with Crippen LogP contribution in [0.4, 0.5) is 5.69 Å². The Hall–Kier alpha value is -4.37. The first-order valence-corrected chi connectivity index (χ1v) is 20.8. The molecule has 0 fully saturated rings. The van der Waals surface area contributed by atoms with Crippen molar-refractivity contribution in [2.45, 2.75) is 85.4 Å². The Labute approximate surface area is 310 Å². The number of amidine groups is 2. The Morgan fingerprint density at radius 1 is 0.902 bits per heavy atom. The van der Waals surface area contributed by atoms with Gasteiger partial charge in [-0.25, -0.2) is 0 Å². The Balaban J connectivity index is 0.923. The van der Waals surface area contributed by atoms with Crippen LogP contribution in [0.1, 0.15) is 74.3 Å². The van der Waals surface area contributed by atoms with Crippen molar-refractivity contribution in [1.29, 1.82) is 0 Å². The van der Waals surface area contributed by atoms with E-state index in [1.165, 1.54) is 33.7 Å². The number of rotatable bonds is 5. The number of fused-ring (bicyclic) bond motifs is 8. The van der Waals surface area contributed by atoms with Crippen molar-refractivity contribution in [2.24, 2.45) is 13.9 Å². The number of halogens is 1. The summed E-state index contributed by atoms with van der Waals surface area (Å²) in [7, 11) is 0. The zero-order valence-electron chi connectivity index (χ0n) is 28.6. The van der Waals surface area contributed by atoms with Gasteiger partial charge >= 0.3 is 276 Å². The number of anilines is 1. The Bertz CT molecular complexity index is 2110. The number of hydrogen-bond acceptors (Lipinski definition) is 4. The van der Waals surface area contributed by atoms with Crippen LogP contribution in [0.25, 0.3) is 0 Å². The van der Waals surface area contributed by atoms with E-state index in [9.17, 15) is 0 Å². The summed E-state index contributed by atoms with van der Waals surface area (Å²) in [6.07, 6.45) is 30.5.